The molecule has 1 fully saturated rings. The van der Waals surface area contributed by atoms with Crippen molar-refractivity contribution in [2.24, 2.45) is 5.92 Å². The number of aromatic nitrogens is 1. The SMILES string of the molecule is CN(C[C@@H]1CCCC[C@@H]1O)C(=O)NCc1cc2ccccc2[nH]1. The monoisotopic (exact) mass is 315 g/mol. The predicted octanol–water partition coefficient (Wildman–Crippen LogP) is 2.86. The molecule has 0 aliphatic heterocycles. The molecule has 1 aliphatic rings. The molecule has 0 radical (unpaired) electrons. The van der Waals surface area contributed by atoms with Crippen LogP contribution >= 0.6 is 0 Å². The molecule has 5 nitrogen and oxygen atoms in total. The number of fused-ring (bicyclic) bond motifs is 1. The highest BCUT2D eigenvalue weighted by atomic mass is 16.3. The number of urea groups is 1. The van der Waals surface area contributed by atoms with E-state index in [-0.39, 0.29) is 18.1 Å². The lowest BCUT2D eigenvalue weighted by Crippen LogP contribution is -2.42. The van der Waals surface area contributed by atoms with E-state index in [0.29, 0.717) is 13.1 Å². The molecule has 0 saturated heterocycles. The lowest BCUT2D eigenvalue weighted by atomic mass is 9.86. The Bertz CT molecular complexity index is 634. The van der Waals surface area contributed by atoms with E-state index in [0.717, 1.165) is 42.3 Å². The molecule has 0 spiro atoms. The van der Waals surface area contributed by atoms with Crippen molar-refractivity contribution in [1.82, 2.24) is 15.2 Å². The van der Waals surface area contributed by atoms with Crippen LogP contribution in [0.15, 0.2) is 30.3 Å². The van der Waals surface area contributed by atoms with Crippen LogP contribution in [0.2, 0.25) is 0 Å². The van der Waals surface area contributed by atoms with Crippen molar-refractivity contribution in [3.63, 3.8) is 0 Å². The first-order valence-electron chi connectivity index (χ1n) is 8.37. The summed E-state index contributed by atoms with van der Waals surface area (Å²) in [7, 11) is 1.79. The first-order valence-corrected chi connectivity index (χ1v) is 8.37. The van der Waals surface area contributed by atoms with Gasteiger partial charge in [-0.1, -0.05) is 31.0 Å². The summed E-state index contributed by atoms with van der Waals surface area (Å²) in [6, 6.07) is 10.0. The molecule has 1 saturated carbocycles. The van der Waals surface area contributed by atoms with Crippen LogP contribution in [0.25, 0.3) is 10.9 Å². The van der Waals surface area contributed by atoms with Gasteiger partial charge in [0.1, 0.15) is 0 Å². The summed E-state index contributed by atoms with van der Waals surface area (Å²) < 4.78 is 0. The number of carbonyl (C=O) groups is 1. The molecule has 1 aromatic heterocycles. The molecule has 1 aliphatic carbocycles. The molecule has 0 bridgehead atoms. The Morgan fingerprint density at radius 2 is 2.13 bits per heavy atom. The number of nitrogens with one attached hydrogen (secondary N) is 2. The molecule has 3 N–H and O–H groups in total. The van der Waals surface area contributed by atoms with Gasteiger partial charge in [0, 0.05) is 30.7 Å². The fourth-order valence-corrected chi connectivity index (χ4v) is 3.37. The normalized spacial score (nSPS) is 21.3. The average molecular weight is 315 g/mol. The minimum atomic E-state index is -0.271. The second-order valence-electron chi connectivity index (χ2n) is 6.53. The summed E-state index contributed by atoms with van der Waals surface area (Å²) in [5.74, 6) is 0.201. The molecule has 1 heterocycles. The first kappa shape index (κ1) is 15.9. The van der Waals surface area contributed by atoms with Crippen LogP contribution in [-0.2, 0) is 6.54 Å². The third-order valence-electron chi connectivity index (χ3n) is 4.74. The van der Waals surface area contributed by atoms with Gasteiger partial charge in [-0.05, 0) is 30.4 Å². The fourth-order valence-electron chi connectivity index (χ4n) is 3.37. The highest BCUT2D eigenvalue weighted by Crippen LogP contribution is 2.24. The Hall–Kier alpha value is -2.01. The van der Waals surface area contributed by atoms with E-state index >= 15 is 0 Å². The van der Waals surface area contributed by atoms with Gasteiger partial charge < -0.3 is 20.3 Å². The third kappa shape index (κ3) is 3.85. The molecule has 2 amide bonds. The minimum Gasteiger partial charge on any atom is -0.393 e. The van der Waals surface area contributed by atoms with Crippen LogP contribution in [0.5, 0.6) is 0 Å². The number of aromatic amines is 1. The van der Waals surface area contributed by atoms with Crippen molar-refractivity contribution >= 4 is 16.9 Å². The van der Waals surface area contributed by atoms with Crippen molar-refractivity contribution in [2.75, 3.05) is 13.6 Å². The van der Waals surface area contributed by atoms with Gasteiger partial charge in [-0.3, -0.25) is 0 Å². The maximum Gasteiger partial charge on any atom is 0.317 e. The Morgan fingerprint density at radius 3 is 2.91 bits per heavy atom. The van der Waals surface area contributed by atoms with E-state index in [1.165, 1.54) is 0 Å². The van der Waals surface area contributed by atoms with Crippen LogP contribution in [0.3, 0.4) is 0 Å². The quantitative estimate of drug-likeness (QED) is 0.812. The number of hydrogen-bond donors (Lipinski definition) is 3. The van der Waals surface area contributed by atoms with E-state index in [1.807, 2.05) is 24.3 Å². The van der Waals surface area contributed by atoms with E-state index in [9.17, 15) is 9.90 Å². The maximum atomic E-state index is 12.2. The number of nitrogens with zero attached hydrogens (tertiary/aromatic N) is 1. The molecule has 1 aromatic carbocycles. The molecule has 124 valence electrons. The lowest BCUT2D eigenvalue weighted by molar-refractivity contribution is 0.0565. The molecule has 2 atom stereocenters. The van der Waals surface area contributed by atoms with E-state index in [4.69, 9.17) is 0 Å². The van der Waals surface area contributed by atoms with Crippen molar-refractivity contribution in [2.45, 2.75) is 38.3 Å². The number of para-hydroxylation sites is 1. The van der Waals surface area contributed by atoms with E-state index in [2.05, 4.69) is 16.4 Å². The van der Waals surface area contributed by atoms with Crippen LogP contribution in [0.4, 0.5) is 4.79 Å². The summed E-state index contributed by atoms with van der Waals surface area (Å²) in [6.45, 7) is 1.09. The Labute approximate surface area is 136 Å². The van der Waals surface area contributed by atoms with E-state index in [1.54, 1.807) is 11.9 Å². The fraction of sp³-hybridized carbons (Fsp3) is 0.500. The smallest absolute Gasteiger partial charge is 0.317 e. The second kappa shape index (κ2) is 7.04. The summed E-state index contributed by atoms with van der Waals surface area (Å²) in [5.41, 5.74) is 2.07. The van der Waals surface area contributed by atoms with E-state index < -0.39 is 0 Å². The van der Waals surface area contributed by atoms with Crippen LogP contribution in [0, 0.1) is 5.92 Å². The summed E-state index contributed by atoms with van der Waals surface area (Å²) in [6.07, 6.45) is 3.82. The van der Waals surface area contributed by atoms with Gasteiger partial charge in [-0.25, -0.2) is 4.79 Å². The largest absolute Gasteiger partial charge is 0.393 e. The highest BCUT2D eigenvalue weighted by molar-refractivity contribution is 5.80. The number of hydrogen-bond acceptors (Lipinski definition) is 2. The molecule has 0 unspecified atom stereocenters. The van der Waals surface area contributed by atoms with Crippen molar-refractivity contribution in [3.05, 3.63) is 36.0 Å². The van der Waals surface area contributed by atoms with Gasteiger partial charge in [0.25, 0.3) is 0 Å². The molecule has 2 aromatic rings. The molecule has 5 heteroatoms. The second-order valence-corrected chi connectivity index (χ2v) is 6.53. The molecule has 3 rings (SSSR count). The van der Waals surface area contributed by atoms with Crippen LogP contribution in [-0.4, -0.2) is 40.7 Å². The van der Waals surface area contributed by atoms with Gasteiger partial charge in [0.15, 0.2) is 0 Å². The third-order valence-corrected chi connectivity index (χ3v) is 4.74. The molecular weight excluding hydrogens is 290 g/mol. The number of rotatable bonds is 4. The standard InChI is InChI=1S/C18H25N3O2/c1-21(12-14-7-3-5-9-17(14)22)18(23)19-11-15-10-13-6-2-4-8-16(13)20-15/h2,4,6,8,10,14,17,20,22H,3,5,7,9,11-12H2,1H3,(H,19,23)/t14-,17-/m0/s1. The zero-order chi connectivity index (χ0) is 16.2. The van der Waals surface area contributed by atoms with Gasteiger partial charge in [0.05, 0.1) is 12.6 Å². The number of aliphatic hydroxyl groups excluding tert-OH is 1. The van der Waals surface area contributed by atoms with Crippen LogP contribution in [0.1, 0.15) is 31.4 Å². The lowest BCUT2D eigenvalue weighted by Gasteiger charge is -2.31. The summed E-state index contributed by atoms with van der Waals surface area (Å²) in [5, 5.41) is 14.1. The van der Waals surface area contributed by atoms with Gasteiger partial charge in [0.2, 0.25) is 0 Å². The Kier molecular flexibility index (Phi) is 4.86. The zero-order valence-corrected chi connectivity index (χ0v) is 13.6. The van der Waals surface area contributed by atoms with Gasteiger partial charge in [-0.2, -0.15) is 0 Å². The highest BCUT2D eigenvalue weighted by Gasteiger charge is 2.25. The Morgan fingerprint density at radius 1 is 1.35 bits per heavy atom. The number of benzene rings is 1. The van der Waals surface area contributed by atoms with Crippen molar-refractivity contribution in [3.8, 4) is 0 Å². The first-order chi connectivity index (χ1) is 11.1. The zero-order valence-electron chi connectivity index (χ0n) is 13.6. The molecular formula is C18H25N3O2. The predicted molar refractivity (Wildman–Crippen MR) is 91.1 cm³/mol. The van der Waals surface area contributed by atoms with Gasteiger partial charge >= 0.3 is 6.03 Å². The average Bonchev–Trinajstić information content (AvgIpc) is 2.97. The maximum absolute atomic E-state index is 12.2. The van der Waals surface area contributed by atoms with Crippen LogP contribution < -0.4 is 5.32 Å². The summed E-state index contributed by atoms with van der Waals surface area (Å²) >= 11 is 0. The Balaban J connectivity index is 1.51. The number of carbonyl (C=O) groups excluding carboxylic acids is 1. The van der Waals surface area contributed by atoms with Crippen molar-refractivity contribution < 1.29 is 9.90 Å². The van der Waals surface area contributed by atoms with Gasteiger partial charge in [-0.15, -0.1) is 0 Å². The van der Waals surface area contributed by atoms with Crippen molar-refractivity contribution in [1.29, 1.82) is 0 Å². The number of aliphatic hydroxyl groups is 1. The topological polar surface area (TPSA) is 68.4 Å². The minimum absolute atomic E-state index is 0.0959. The number of amides is 2. The molecule has 23 heavy (non-hydrogen) atoms. The summed E-state index contributed by atoms with van der Waals surface area (Å²) in [4.78, 5) is 17.2. The number of H-pyrrole nitrogens is 1.